The fourth-order valence-electron chi connectivity index (χ4n) is 1.66. The number of anilines is 1. The van der Waals surface area contributed by atoms with Gasteiger partial charge in [0.25, 0.3) is 5.91 Å². The highest BCUT2D eigenvalue weighted by molar-refractivity contribution is 14.1. The Morgan fingerprint density at radius 3 is 2.55 bits per heavy atom. The maximum Gasteiger partial charge on any atom is 0.259 e. The molecule has 4 nitrogen and oxygen atoms in total. The smallest absolute Gasteiger partial charge is 0.259 e. The Balaban J connectivity index is 1.70. The number of carbonyl (C=O) groups is 1. The summed E-state index contributed by atoms with van der Waals surface area (Å²) in [4.78, 5) is 11.6. The third-order valence-electron chi connectivity index (χ3n) is 2.74. The van der Waals surface area contributed by atoms with Crippen LogP contribution >= 0.6 is 22.6 Å². The van der Waals surface area contributed by atoms with Crippen LogP contribution in [0, 0.1) is 3.57 Å². The average Bonchev–Trinajstić information content (AvgIpc) is 2.55. The molecule has 0 aliphatic heterocycles. The Morgan fingerprint density at radius 1 is 1.09 bits per heavy atom. The number of allylic oxidation sites excluding steroid dienone is 1. The number of nitrogens with one attached hydrogen (secondary N) is 2. The number of amides is 1. The summed E-state index contributed by atoms with van der Waals surface area (Å²) in [6, 6.07) is 17.7. The Bertz CT molecular complexity index is 651. The zero-order valence-corrected chi connectivity index (χ0v) is 14.0. The molecule has 2 aromatic rings. The molecule has 0 aliphatic carbocycles. The highest BCUT2D eigenvalue weighted by Gasteiger charge is 1.98. The number of nitrogens with zero attached hydrogens (tertiary/aromatic N) is 1. The predicted molar refractivity (Wildman–Crippen MR) is 99.8 cm³/mol. The second kappa shape index (κ2) is 8.99. The van der Waals surface area contributed by atoms with E-state index >= 15 is 0 Å². The van der Waals surface area contributed by atoms with Gasteiger partial charge < -0.3 is 5.32 Å². The van der Waals surface area contributed by atoms with Crippen LogP contribution in [-0.2, 0) is 4.79 Å². The molecular weight excluding hydrogens is 389 g/mol. The molecule has 112 valence electrons. The third kappa shape index (κ3) is 6.09. The normalized spacial score (nSPS) is 11.0. The highest BCUT2D eigenvalue weighted by atomic mass is 127. The van der Waals surface area contributed by atoms with Gasteiger partial charge in [-0.15, -0.1) is 0 Å². The van der Waals surface area contributed by atoms with Crippen molar-refractivity contribution in [2.24, 2.45) is 5.10 Å². The Hall–Kier alpha value is -2.15. The molecule has 0 spiro atoms. The van der Waals surface area contributed by atoms with Crippen LogP contribution in [0.25, 0.3) is 6.08 Å². The molecule has 22 heavy (non-hydrogen) atoms. The van der Waals surface area contributed by atoms with Crippen LogP contribution in [0.2, 0.25) is 0 Å². The lowest BCUT2D eigenvalue weighted by molar-refractivity contribution is -0.119. The van der Waals surface area contributed by atoms with E-state index in [1.807, 2.05) is 60.7 Å². The Kier molecular flexibility index (Phi) is 6.63. The second-order valence-corrected chi connectivity index (χ2v) is 5.69. The first-order valence-electron chi connectivity index (χ1n) is 6.77. The summed E-state index contributed by atoms with van der Waals surface area (Å²) < 4.78 is 1.16. The molecule has 0 bridgehead atoms. The predicted octanol–water partition coefficient (Wildman–Crippen LogP) is 3.52. The van der Waals surface area contributed by atoms with Gasteiger partial charge in [0.15, 0.2) is 0 Å². The number of halogens is 1. The molecule has 0 fully saturated rings. The maximum absolute atomic E-state index is 11.6. The molecule has 5 heteroatoms. The largest absolute Gasteiger partial charge is 0.376 e. The van der Waals surface area contributed by atoms with Crippen molar-refractivity contribution < 1.29 is 4.79 Å². The molecule has 0 aromatic heterocycles. The van der Waals surface area contributed by atoms with E-state index in [1.165, 1.54) is 0 Å². The molecule has 0 saturated carbocycles. The topological polar surface area (TPSA) is 53.5 Å². The number of benzene rings is 2. The van der Waals surface area contributed by atoms with Gasteiger partial charge in [0, 0.05) is 15.5 Å². The van der Waals surface area contributed by atoms with Crippen molar-refractivity contribution in [3.63, 3.8) is 0 Å². The number of hydrogen-bond acceptors (Lipinski definition) is 3. The van der Waals surface area contributed by atoms with E-state index in [0.717, 1.165) is 14.8 Å². The zero-order chi connectivity index (χ0) is 15.6. The summed E-state index contributed by atoms with van der Waals surface area (Å²) >= 11 is 2.24. The van der Waals surface area contributed by atoms with Gasteiger partial charge in [0.1, 0.15) is 0 Å². The van der Waals surface area contributed by atoms with Crippen molar-refractivity contribution in [3.05, 3.63) is 69.8 Å². The van der Waals surface area contributed by atoms with Gasteiger partial charge in [0.2, 0.25) is 0 Å². The number of hydrazone groups is 1. The van der Waals surface area contributed by atoms with E-state index in [-0.39, 0.29) is 12.5 Å². The van der Waals surface area contributed by atoms with Gasteiger partial charge in [-0.05, 0) is 58.5 Å². The van der Waals surface area contributed by atoms with E-state index in [0.29, 0.717) is 0 Å². The van der Waals surface area contributed by atoms with Crippen molar-refractivity contribution in [2.45, 2.75) is 0 Å². The molecule has 0 unspecified atom stereocenters. The highest BCUT2D eigenvalue weighted by Crippen LogP contribution is 2.10. The molecule has 0 radical (unpaired) electrons. The van der Waals surface area contributed by atoms with Gasteiger partial charge >= 0.3 is 0 Å². The summed E-state index contributed by atoms with van der Waals surface area (Å²) in [5, 5.41) is 6.89. The van der Waals surface area contributed by atoms with E-state index in [9.17, 15) is 4.79 Å². The van der Waals surface area contributed by atoms with Crippen LogP contribution in [0.5, 0.6) is 0 Å². The molecule has 0 saturated heterocycles. The summed E-state index contributed by atoms with van der Waals surface area (Å²) in [5.74, 6) is -0.192. The number of hydrogen-bond donors (Lipinski definition) is 2. The first-order valence-corrected chi connectivity index (χ1v) is 7.85. The summed E-state index contributed by atoms with van der Waals surface area (Å²) in [6.45, 7) is 0.181. The van der Waals surface area contributed by atoms with E-state index in [1.54, 1.807) is 12.3 Å². The summed E-state index contributed by atoms with van der Waals surface area (Å²) in [7, 11) is 0. The van der Waals surface area contributed by atoms with Crippen LogP contribution in [0.15, 0.2) is 65.8 Å². The summed E-state index contributed by atoms with van der Waals surface area (Å²) in [6.07, 6.45) is 5.25. The van der Waals surface area contributed by atoms with Crippen LogP contribution in [0.1, 0.15) is 5.56 Å². The summed E-state index contributed by atoms with van der Waals surface area (Å²) in [5.41, 5.74) is 4.46. The fourth-order valence-corrected chi connectivity index (χ4v) is 2.02. The van der Waals surface area contributed by atoms with E-state index in [2.05, 4.69) is 38.4 Å². The van der Waals surface area contributed by atoms with Crippen LogP contribution < -0.4 is 10.7 Å². The molecule has 0 atom stereocenters. The maximum atomic E-state index is 11.6. The SMILES string of the molecule is O=C(CNc1ccc(I)cc1)N/N=C/C=C/c1ccccc1. The van der Waals surface area contributed by atoms with Gasteiger partial charge in [-0.1, -0.05) is 36.4 Å². The monoisotopic (exact) mass is 405 g/mol. The average molecular weight is 405 g/mol. The molecule has 2 rings (SSSR count). The lowest BCUT2D eigenvalue weighted by Crippen LogP contribution is -2.25. The number of rotatable bonds is 6. The van der Waals surface area contributed by atoms with Crippen molar-refractivity contribution in [1.82, 2.24) is 5.43 Å². The van der Waals surface area contributed by atoms with E-state index in [4.69, 9.17) is 0 Å². The molecule has 0 aliphatic rings. The van der Waals surface area contributed by atoms with Crippen LogP contribution in [0.4, 0.5) is 5.69 Å². The standard InChI is InChI=1S/C17H16IN3O/c18-15-8-10-16(11-9-15)19-13-17(22)21-20-12-4-7-14-5-2-1-3-6-14/h1-12,19H,13H2,(H,21,22)/b7-4+,20-12+. The number of carbonyl (C=O) groups excluding carboxylic acids is 1. The zero-order valence-electron chi connectivity index (χ0n) is 11.9. The molecule has 2 aromatic carbocycles. The van der Waals surface area contributed by atoms with Crippen LogP contribution in [-0.4, -0.2) is 18.7 Å². The van der Waals surface area contributed by atoms with Crippen molar-refractivity contribution in [3.8, 4) is 0 Å². The molecular formula is C17H16IN3O. The minimum absolute atomic E-state index is 0.181. The quantitative estimate of drug-likeness (QED) is 0.439. The van der Waals surface area contributed by atoms with Crippen molar-refractivity contribution in [2.75, 3.05) is 11.9 Å². The lowest BCUT2D eigenvalue weighted by atomic mass is 10.2. The van der Waals surface area contributed by atoms with Gasteiger partial charge in [-0.3, -0.25) is 4.79 Å². The van der Waals surface area contributed by atoms with Crippen molar-refractivity contribution >= 4 is 46.5 Å². The van der Waals surface area contributed by atoms with E-state index < -0.39 is 0 Å². The lowest BCUT2D eigenvalue weighted by Gasteiger charge is -2.04. The Labute approximate surface area is 143 Å². The van der Waals surface area contributed by atoms with Gasteiger partial charge in [-0.2, -0.15) is 5.10 Å². The molecule has 2 N–H and O–H groups in total. The Morgan fingerprint density at radius 2 is 1.82 bits per heavy atom. The minimum Gasteiger partial charge on any atom is -0.376 e. The first kappa shape index (κ1) is 16.2. The van der Waals surface area contributed by atoms with Crippen LogP contribution in [0.3, 0.4) is 0 Å². The third-order valence-corrected chi connectivity index (χ3v) is 3.45. The van der Waals surface area contributed by atoms with Crippen molar-refractivity contribution in [1.29, 1.82) is 0 Å². The van der Waals surface area contributed by atoms with Gasteiger partial charge in [0.05, 0.1) is 6.54 Å². The fraction of sp³-hybridized carbons (Fsp3) is 0.0588. The second-order valence-electron chi connectivity index (χ2n) is 4.44. The molecule has 1 amide bonds. The first-order chi connectivity index (χ1) is 10.7. The molecule has 0 heterocycles. The minimum atomic E-state index is -0.192. The van der Waals surface area contributed by atoms with Gasteiger partial charge in [-0.25, -0.2) is 5.43 Å².